The number of hydrogen-bond donors (Lipinski definition) is 3. The van der Waals surface area contributed by atoms with Crippen LogP contribution in [-0.4, -0.2) is 54.2 Å². The number of halogens is 3. The predicted octanol–water partition coefficient (Wildman–Crippen LogP) is 4.58. The molecule has 4 N–H and O–H groups in total. The summed E-state index contributed by atoms with van der Waals surface area (Å²) in [6.45, 7) is 6.85. The Hall–Kier alpha value is -2.62. The number of phenols is 1. The van der Waals surface area contributed by atoms with Crippen LogP contribution in [0, 0.1) is 12.8 Å². The molecular weight excluding hydrogens is 483 g/mol. The van der Waals surface area contributed by atoms with Crippen LogP contribution in [0.4, 0.5) is 13.2 Å². The van der Waals surface area contributed by atoms with Crippen molar-refractivity contribution in [3.05, 3.63) is 64.2 Å². The number of aryl methyl sites for hydroxylation is 1. The van der Waals surface area contributed by atoms with Gasteiger partial charge in [-0.3, -0.25) is 4.79 Å². The van der Waals surface area contributed by atoms with Crippen LogP contribution in [0.1, 0.15) is 64.9 Å². The molecule has 0 aromatic heterocycles. The van der Waals surface area contributed by atoms with E-state index in [-0.39, 0.29) is 29.7 Å². The number of carbonyl (C=O) groups excluding carboxylic acids is 1. The molecule has 1 fully saturated rings. The Balaban J connectivity index is 1.24. The van der Waals surface area contributed by atoms with Crippen LogP contribution >= 0.6 is 0 Å². The van der Waals surface area contributed by atoms with Crippen molar-refractivity contribution >= 4 is 5.91 Å². The fourth-order valence-electron chi connectivity index (χ4n) is 5.39. The molecule has 37 heavy (non-hydrogen) atoms. The summed E-state index contributed by atoms with van der Waals surface area (Å²) in [6, 6.07) is 8.08. The van der Waals surface area contributed by atoms with Crippen molar-refractivity contribution in [3.63, 3.8) is 0 Å². The number of benzene rings is 2. The predicted molar refractivity (Wildman–Crippen MR) is 135 cm³/mol. The van der Waals surface area contributed by atoms with Crippen LogP contribution < -0.4 is 11.1 Å². The van der Waals surface area contributed by atoms with Crippen molar-refractivity contribution in [2.45, 2.75) is 64.0 Å². The quantitative estimate of drug-likeness (QED) is 0.499. The lowest BCUT2D eigenvalue weighted by Gasteiger charge is -2.40. The second-order valence-electron chi connectivity index (χ2n) is 10.3. The zero-order valence-electron chi connectivity index (χ0n) is 21.4. The fraction of sp³-hybridized carbons (Fsp3) is 0.536. The van der Waals surface area contributed by atoms with Crippen LogP contribution in [-0.2, 0) is 17.3 Å². The van der Waals surface area contributed by atoms with Gasteiger partial charge in [-0.25, -0.2) is 0 Å². The molecule has 4 rings (SSSR count). The van der Waals surface area contributed by atoms with Crippen molar-refractivity contribution in [3.8, 4) is 5.75 Å². The molecule has 0 bridgehead atoms. The number of piperidine rings is 1. The molecule has 202 valence electrons. The molecule has 9 heteroatoms. The number of nitrogens with one attached hydrogen (secondary N) is 1. The standard InChI is InChI=1S/C28H36F3N3O3/c1-17-3-8-22-23(26(17)35)15-24(37-25(22)16-32)19-10-13-34(14-11-19)12-9-18(2)33-27(36)20-4-6-21(7-5-20)28(29,30)31/h3-8,18-19,24-25,35H,9-16,32H2,1-2H3,(H,33,36). The fourth-order valence-corrected chi connectivity index (χ4v) is 5.39. The Kier molecular flexibility index (Phi) is 8.46. The molecule has 6 nitrogen and oxygen atoms in total. The first-order valence-electron chi connectivity index (χ1n) is 12.9. The van der Waals surface area contributed by atoms with Gasteiger partial charge in [0.25, 0.3) is 5.91 Å². The van der Waals surface area contributed by atoms with Gasteiger partial charge in [0, 0.05) is 36.7 Å². The van der Waals surface area contributed by atoms with E-state index < -0.39 is 11.7 Å². The normalized spacial score (nSPS) is 21.9. The first kappa shape index (κ1) is 27.4. The summed E-state index contributed by atoms with van der Waals surface area (Å²) in [7, 11) is 0. The van der Waals surface area contributed by atoms with Gasteiger partial charge in [0.1, 0.15) is 5.75 Å². The number of hydrogen-bond acceptors (Lipinski definition) is 5. The van der Waals surface area contributed by atoms with Crippen molar-refractivity contribution in [1.82, 2.24) is 10.2 Å². The van der Waals surface area contributed by atoms with Gasteiger partial charge in [0.2, 0.25) is 0 Å². The highest BCUT2D eigenvalue weighted by Crippen LogP contribution is 2.40. The first-order chi connectivity index (χ1) is 17.6. The van der Waals surface area contributed by atoms with E-state index in [0.717, 1.165) is 67.7 Å². The number of amides is 1. The number of carbonyl (C=O) groups is 1. The number of nitrogens with two attached hydrogens (primary N) is 1. The summed E-state index contributed by atoms with van der Waals surface area (Å²) >= 11 is 0. The minimum atomic E-state index is -4.42. The lowest BCUT2D eigenvalue weighted by Crippen LogP contribution is -2.43. The van der Waals surface area contributed by atoms with Gasteiger partial charge in [-0.15, -0.1) is 0 Å². The Bertz CT molecular complexity index is 1080. The summed E-state index contributed by atoms with van der Waals surface area (Å²) in [6.07, 6.45) is -1.20. The number of rotatable bonds is 7. The summed E-state index contributed by atoms with van der Waals surface area (Å²) in [5, 5.41) is 13.5. The van der Waals surface area contributed by atoms with Crippen LogP contribution in [0.5, 0.6) is 5.75 Å². The monoisotopic (exact) mass is 519 g/mol. The Morgan fingerprint density at radius 3 is 2.49 bits per heavy atom. The lowest BCUT2D eigenvalue weighted by atomic mass is 9.83. The van der Waals surface area contributed by atoms with E-state index in [9.17, 15) is 23.1 Å². The van der Waals surface area contributed by atoms with E-state index in [1.807, 2.05) is 26.0 Å². The number of fused-ring (bicyclic) bond motifs is 1. The van der Waals surface area contributed by atoms with Crippen molar-refractivity contribution in [1.29, 1.82) is 0 Å². The summed E-state index contributed by atoms with van der Waals surface area (Å²) in [5.74, 6) is 0.367. The third-order valence-electron chi connectivity index (χ3n) is 7.71. The maximum absolute atomic E-state index is 12.7. The van der Waals surface area contributed by atoms with Crippen molar-refractivity contribution < 1.29 is 27.8 Å². The zero-order chi connectivity index (χ0) is 26.7. The van der Waals surface area contributed by atoms with Gasteiger partial charge in [0.15, 0.2) is 0 Å². The maximum Gasteiger partial charge on any atom is 0.416 e. The molecule has 2 aromatic rings. The minimum Gasteiger partial charge on any atom is -0.507 e. The highest BCUT2D eigenvalue weighted by molar-refractivity contribution is 5.94. The van der Waals surface area contributed by atoms with E-state index in [1.54, 1.807) is 0 Å². The number of ether oxygens (including phenoxy) is 1. The van der Waals surface area contributed by atoms with Gasteiger partial charge in [-0.2, -0.15) is 13.2 Å². The largest absolute Gasteiger partial charge is 0.507 e. The summed E-state index contributed by atoms with van der Waals surface area (Å²) in [5.41, 5.74) is 8.26. The number of nitrogens with zero attached hydrogens (tertiary/aromatic N) is 1. The molecule has 3 unspecified atom stereocenters. The number of phenolic OH excluding ortho intramolecular Hbond substituents is 1. The van der Waals surface area contributed by atoms with Crippen molar-refractivity contribution in [2.75, 3.05) is 26.2 Å². The summed E-state index contributed by atoms with van der Waals surface area (Å²) in [4.78, 5) is 14.8. The molecule has 0 aliphatic carbocycles. The SMILES string of the molecule is Cc1ccc2c(c1O)CC(C1CCN(CCC(C)NC(=O)c3ccc(C(F)(F)F)cc3)CC1)OC2CN. The average molecular weight is 520 g/mol. The van der Waals surface area contributed by atoms with Gasteiger partial charge in [0.05, 0.1) is 17.8 Å². The minimum absolute atomic E-state index is 0.0258. The molecule has 0 radical (unpaired) electrons. The molecular formula is C28H36F3N3O3. The van der Waals surface area contributed by atoms with Crippen molar-refractivity contribution in [2.24, 2.45) is 11.7 Å². The molecule has 2 aromatic carbocycles. The highest BCUT2D eigenvalue weighted by atomic mass is 19.4. The molecule has 1 saturated heterocycles. The topological polar surface area (TPSA) is 87.8 Å². The highest BCUT2D eigenvalue weighted by Gasteiger charge is 2.35. The number of alkyl halides is 3. The van der Waals surface area contributed by atoms with E-state index in [0.29, 0.717) is 24.6 Å². The molecule has 1 amide bonds. The smallest absolute Gasteiger partial charge is 0.416 e. The Morgan fingerprint density at radius 1 is 1.19 bits per heavy atom. The van der Waals surface area contributed by atoms with Crippen LogP contribution in [0.2, 0.25) is 0 Å². The average Bonchev–Trinajstić information content (AvgIpc) is 2.89. The summed E-state index contributed by atoms with van der Waals surface area (Å²) < 4.78 is 44.6. The van der Waals surface area contributed by atoms with Gasteiger partial charge in [-0.1, -0.05) is 12.1 Å². The Labute approximate surface area is 216 Å². The number of aromatic hydroxyl groups is 1. The Morgan fingerprint density at radius 2 is 1.86 bits per heavy atom. The molecule has 0 saturated carbocycles. The van der Waals surface area contributed by atoms with Crippen LogP contribution in [0.25, 0.3) is 0 Å². The second kappa shape index (κ2) is 11.4. The molecule has 2 aliphatic heterocycles. The van der Waals surface area contributed by atoms with Gasteiger partial charge in [-0.05, 0) is 87.5 Å². The van der Waals surface area contributed by atoms with E-state index in [4.69, 9.17) is 10.5 Å². The van der Waals surface area contributed by atoms with E-state index in [1.165, 1.54) is 12.1 Å². The third-order valence-corrected chi connectivity index (χ3v) is 7.71. The van der Waals surface area contributed by atoms with Gasteiger partial charge >= 0.3 is 6.18 Å². The van der Waals surface area contributed by atoms with Crippen LogP contribution in [0.3, 0.4) is 0 Å². The second-order valence-corrected chi connectivity index (χ2v) is 10.3. The number of likely N-dealkylation sites (tertiary alicyclic amines) is 1. The maximum atomic E-state index is 12.7. The lowest BCUT2D eigenvalue weighted by molar-refractivity contribution is -0.137. The van der Waals surface area contributed by atoms with E-state index >= 15 is 0 Å². The zero-order valence-corrected chi connectivity index (χ0v) is 21.4. The van der Waals surface area contributed by atoms with E-state index in [2.05, 4.69) is 10.2 Å². The first-order valence-corrected chi connectivity index (χ1v) is 12.9. The van der Waals surface area contributed by atoms with Gasteiger partial charge < -0.3 is 25.8 Å². The molecule has 3 atom stereocenters. The molecule has 0 spiro atoms. The van der Waals surface area contributed by atoms with Crippen LogP contribution in [0.15, 0.2) is 36.4 Å². The molecule has 2 aliphatic rings. The third kappa shape index (κ3) is 6.45. The molecule has 2 heterocycles.